The van der Waals surface area contributed by atoms with Gasteiger partial charge in [-0.1, -0.05) is 0 Å². The smallest absolute Gasteiger partial charge is 0.135 e. The summed E-state index contributed by atoms with van der Waals surface area (Å²) in [7, 11) is 1.64. The fraction of sp³-hybridized carbons (Fsp3) is 0.125. The van der Waals surface area contributed by atoms with Crippen LogP contribution in [0.5, 0.6) is 5.75 Å². The first-order valence-electron chi connectivity index (χ1n) is 3.48. The SMILES string of the molecule is COc1cc2[nH]cnc2cc1Br. The third-order valence-electron chi connectivity index (χ3n) is 1.69. The Balaban J connectivity index is 2.73. The van der Waals surface area contributed by atoms with E-state index >= 15 is 0 Å². The van der Waals surface area contributed by atoms with Gasteiger partial charge in [0, 0.05) is 6.07 Å². The molecule has 0 amide bonds. The summed E-state index contributed by atoms with van der Waals surface area (Å²) in [5, 5.41) is 0. The van der Waals surface area contributed by atoms with Crippen LogP contribution in [0.4, 0.5) is 0 Å². The standard InChI is InChI=1S/C8H7BrN2O/c1-12-8-3-7-6(2-5(8)9)10-4-11-7/h2-4H,1H3,(H,10,11). The lowest BCUT2D eigenvalue weighted by molar-refractivity contribution is 0.412. The Morgan fingerprint density at radius 3 is 3.08 bits per heavy atom. The second-order valence-electron chi connectivity index (χ2n) is 2.41. The van der Waals surface area contributed by atoms with Crippen molar-refractivity contribution >= 4 is 27.0 Å². The molecule has 0 fully saturated rings. The van der Waals surface area contributed by atoms with Gasteiger partial charge in [0.1, 0.15) is 5.75 Å². The van der Waals surface area contributed by atoms with E-state index in [0.29, 0.717) is 0 Å². The molecule has 2 rings (SSSR count). The topological polar surface area (TPSA) is 37.9 Å². The van der Waals surface area contributed by atoms with E-state index in [1.807, 2.05) is 12.1 Å². The van der Waals surface area contributed by atoms with Crippen LogP contribution in [0.2, 0.25) is 0 Å². The normalized spacial score (nSPS) is 10.5. The van der Waals surface area contributed by atoms with Gasteiger partial charge in [-0.3, -0.25) is 0 Å². The lowest BCUT2D eigenvalue weighted by Gasteiger charge is -2.01. The highest BCUT2D eigenvalue weighted by molar-refractivity contribution is 9.10. The van der Waals surface area contributed by atoms with E-state index in [1.165, 1.54) is 0 Å². The van der Waals surface area contributed by atoms with Gasteiger partial charge in [-0.05, 0) is 22.0 Å². The number of H-pyrrole nitrogens is 1. The molecule has 0 aliphatic carbocycles. The van der Waals surface area contributed by atoms with Crippen molar-refractivity contribution in [3.63, 3.8) is 0 Å². The molecule has 2 aromatic rings. The second kappa shape index (κ2) is 2.79. The molecule has 12 heavy (non-hydrogen) atoms. The van der Waals surface area contributed by atoms with E-state index in [0.717, 1.165) is 21.3 Å². The number of fused-ring (bicyclic) bond motifs is 1. The minimum Gasteiger partial charge on any atom is -0.495 e. The molecular formula is C8H7BrN2O. The van der Waals surface area contributed by atoms with Gasteiger partial charge in [0.15, 0.2) is 0 Å². The third-order valence-corrected chi connectivity index (χ3v) is 2.31. The fourth-order valence-corrected chi connectivity index (χ4v) is 1.59. The van der Waals surface area contributed by atoms with Gasteiger partial charge in [0.25, 0.3) is 0 Å². The van der Waals surface area contributed by atoms with Gasteiger partial charge in [0.2, 0.25) is 0 Å². The Morgan fingerprint density at radius 2 is 2.33 bits per heavy atom. The summed E-state index contributed by atoms with van der Waals surface area (Å²) in [5.41, 5.74) is 1.91. The number of halogens is 1. The van der Waals surface area contributed by atoms with Crippen LogP contribution in [0.25, 0.3) is 11.0 Å². The number of benzene rings is 1. The van der Waals surface area contributed by atoms with E-state index in [4.69, 9.17) is 4.74 Å². The van der Waals surface area contributed by atoms with Crippen LogP contribution in [-0.4, -0.2) is 17.1 Å². The maximum absolute atomic E-state index is 5.13. The number of rotatable bonds is 1. The average Bonchev–Trinajstić information content (AvgIpc) is 2.49. The molecule has 0 aliphatic heterocycles. The minimum atomic E-state index is 0.812. The highest BCUT2D eigenvalue weighted by atomic mass is 79.9. The molecule has 0 aliphatic rings. The molecule has 62 valence electrons. The third kappa shape index (κ3) is 1.08. The van der Waals surface area contributed by atoms with Gasteiger partial charge in [-0.2, -0.15) is 0 Å². The Morgan fingerprint density at radius 1 is 1.50 bits per heavy atom. The number of imidazole rings is 1. The maximum Gasteiger partial charge on any atom is 0.135 e. The number of aromatic nitrogens is 2. The molecule has 0 spiro atoms. The van der Waals surface area contributed by atoms with Gasteiger partial charge in [0.05, 0.1) is 28.9 Å². The monoisotopic (exact) mass is 226 g/mol. The summed E-state index contributed by atoms with van der Waals surface area (Å²) in [6.07, 6.45) is 1.66. The second-order valence-corrected chi connectivity index (χ2v) is 3.26. The Kier molecular flexibility index (Phi) is 1.77. The highest BCUT2D eigenvalue weighted by Crippen LogP contribution is 2.28. The Hall–Kier alpha value is -1.03. The first kappa shape index (κ1) is 7.61. The van der Waals surface area contributed by atoms with E-state index < -0.39 is 0 Å². The van der Waals surface area contributed by atoms with E-state index in [2.05, 4.69) is 25.9 Å². The Labute approximate surface area is 77.9 Å². The number of aromatic amines is 1. The zero-order valence-corrected chi connectivity index (χ0v) is 8.05. The van der Waals surface area contributed by atoms with E-state index in [-0.39, 0.29) is 0 Å². The molecule has 3 nitrogen and oxygen atoms in total. The van der Waals surface area contributed by atoms with Crippen LogP contribution >= 0.6 is 15.9 Å². The molecule has 0 radical (unpaired) electrons. The number of hydrogen-bond acceptors (Lipinski definition) is 2. The van der Waals surface area contributed by atoms with Crippen LogP contribution in [0.15, 0.2) is 22.9 Å². The predicted molar refractivity (Wildman–Crippen MR) is 50.3 cm³/mol. The van der Waals surface area contributed by atoms with Gasteiger partial charge in [-0.25, -0.2) is 4.98 Å². The molecule has 0 saturated carbocycles. The van der Waals surface area contributed by atoms with Crippen molar-refractivity contribution in [2.75, 3.05) is 7.11 Å². The summed E-state index contributed by atoms with van der Waals surface area (Å²) in [4.78, 5) is 7.12. The zero-order chi connectivity index (χ0) is 8.55. The van der Waals surface area contributed by atoms with Crippen molar-refractivity contribution in [1.82, 2.24) is 9.97 Å². The number of hydrogen-bond donors (Lipinski definition) is 1. The lowest BCUT2D eigenvalue weighted by Crippen LogP contribution is -1.83. The summed E-state index contributed by atoms with van der Waals surface area (Å²) in [6, 6.07) is 3.83. The first-order valence-corrected chi connectivity index (χ1v) is 4.27. The van der Waals surface area contributed by atoms with Crippen LogP contribution in [0.1, 0.15) is 0 Å². The first-order chi connectivity index (χ1) is 5.81. The number of ether oxygens (including phenoxy) is 1. The summed E-state index contributed by atoms with van der Waals surface area (Å²) in [5.74, 6) is 0.812. The molecule has 1 aromatic heterocycles. The molecular weight excluding hydrogens is 220 g/mol. The number of nitrogens with zero attached hydrogens (tertiary/aromatic N) is 1. The molecule has 0 unspecified atom stereocenters. The Bertz CT molecular complexity index is 410. The fourth-order valence-electron chi connectivity index (χ4n) is 1.09. The van der Waals surface area contributed by atoms with Crippen molar-refractivity contribution in [3.8, 4) is 5.75 Å². The van der Waals surface area contributed by atoms with Crippen molar-refractivity contribution in [1.29, 1.82) is 0 Å². The lowest BCUT2D eigenvalue weighted by atomic mass is 10.3. The van der Waals surface area contributed by atoms with Crippen LogP contribution in [0.3, 0.4) is 0 Å². The van der Waals surface area contributed by atoms with Crippen molar-refractivity contribution < 1.29 is 4.74 Å². The maximum atomic E-state index is 5.13. The summed E-state index contributed by atoms with van der Waals surface area (Å²) < 4.78 is 6.05. The minimum absolute atomic E-state index is 0.812. The van der Waals surface area contributed by atoms with Crippen molar-refractivity contribution in [2.45, 2.75) is 0 Å². The van der Waals surface area contributed by atoms with Crippen LogP contribution < -0.4 is 4.74 Å². The molecule has 1 N–H and O–H groups in total. The molecule has 1 aromatic carbocycles. The molecule has 0 saturated heterocycles. The average molecular weight is 227 g/mol. The number of nitrogens with one attached hydrogen (secondary N) is 1. The zero-order valence-electron chi connectivity index (χ0n) is 6.47. The van der Waals surface area contributed by atoms with Crippen molar-refractivity contribution in [3.05, 3.63) is 22.9 Å². The van der Waals surface area contributed by atoms with E-state index in [9.17, 15) is 0 Å². The predicted octanol–water partition coefficient (Wildman–Crippen LogP) is 2.33. The van der Waals surface area contributed by atoms with Gasteiger partial charge < -0.3 is 9.72 Å². The molecule has 0 atom stereocenters. The molecule has 0 bridgehead atoms. The summed E-state index contributed by atoms with van der Waals surface area (Å²) in [6.45, 7) is 0. The van der Waals surface area contributed by atoms with E-state index in [1.54, 1.807) is 13.4 Å². The molecule has 1 heterocycles. The largest absolute Gasteiger partial charge is 0.495 e. The van der Waals surface area contributed by atoms with Gasteiger partial charge in [-0.15, -0.1) is 0 Å². The highest BCUT2D eigenvalue weighted by Gasteiger charge is 2.03. The number of methoxy groups -OCH3 is 1. The van der Waals surface area contributed by atoms with Crippen LogP contribution in [0, 0.1) is 0 Å². The quantitative estimate of drug-likeness (QED) is 0.811. The molecule has 4 heteroatoms. The summed E-state index contributed by atoms with van der Waals surface area (Å²) >= 11 is 3.38. The van der Waals surface area contributed by atoms with Gasteiger partial charge >= 0.3 is 0 Å². The van der Waals surface area contributed by atoms with Crippen LogP contribution in [-0.2, 0) is 0 Å². The van der Waals surface area contributed by atoms with Crippen molar-refractivity contribution in [2.24, 2.45) is 0 Å².